The van der Waals surface area contributed by atoms with Crippen LogP contribution >= 0.6 is 15.9 Å². The molecule has 0 radical (unpaired) electrons. The number of aliphatic carboxylic acids is 1. The molecular weight excluding hydrogens is 334 g/mol. The fraction of sp³-hybridized carbons (Fsp3) is 0.375. The van der Waals surface area contributed by atoms with Gasteiger partial charge in [-0.3, -0.25) is 4.79 Å². The van der Waals surface area contributed by atoms with Gasteiger partial charge in [0.1, 0.15) is 0 Å². The van der Waals surface area contributed by atoms with Crippen LogP contribution in [0.5, 0.6) is 0 Å². The number of carbonyl (C=O) groups is 2. The maximum absolute atomic E-state index is 12.5. The van der Waals surface area contributed by atoms with E-state index in [2.05, 4.69) is 21.2 Å². The molecule has 0 heterocycles. The number of hydrogen-bond donors (Lipinski definition) is 2. The molecule has 110 valence electrons. The standard InChI is InChI=1S/C16H16BrNO3/c17-11-5-7-12(8-6-11)18-15(19)13-9-1-3-10(4-2-9)14(13)16(20)21/h5-10H,1-4H2,(H,18,19)(H,20,21). The van der Waals surface area contributed by atoms with Crippen molar-refractivity contribution in [2.45, 2.75) is 25.7 Å². The van der Waals surface area contributed by atoms with E-state index in [9.17, 15) is 14.7 Å². The predicted molar refractivity (Wildman–Crippen MR) is 82.9 cm³/mol. The molecule has 1 fully saturated rings. The SMILES string of the molecule is O=C(O)C1=C(C(=O)Nc2ccc(Br)cc2)C2CCC1CC2. The fourth-order valence-corrected chi connectivity index (χ4v) is 3.70. The van der Waals surface area contributed by atoms with Gasteiger partial charge in [0.05, 0.1) is 0 Å². The van der Waals surface area contributed by atoms with Gasteiger partial charge < -0.3 is 10.4 Å². The molecule has 3 aliphatic rings. The van der Waals surface area contributed by atoms with Crippen LogP contribution in [0.4, 0.5) is 5.69 Å². The van der Waals surface area contributed by atoms with E-state index in [4.69, 9.17) is 0 Å². The maximum atomic E-state index is 12.5. The minimum Gasteiger partial charge on any atom is -0.478 e. The Balaban J connectivity index is 1.89. The lowest BCUT2D eigenvalue weighted by atomic mass is 9.66. The van der Waals surface area contributed by atoms with E-state index in [0.29, 0.717) is 16.8 Å². The van der Waals surface area contributed by atoms with Crippen molar-refractivity contribution in [1.29, 1.82) is 0 Å². The number of halogens is 1. The van der Waals surface area contributed by atoms with Gasteiger partial charge in [0, 0.05) is 21.3 Å². The average molecular weight is 350 g/mol. The highest BCUT2D eigenvalue weighted by Gasteiger charge is 2.40. The summed E-state index contributed by atoms with van der Waals surface area (Å²) in [6.45, 7) is 0. The topological polar surface area (TPSA) is 66.4 Å². The summed E-state index contributed by atoms with van der Waals surface area (Å²) in [5.74, 6) is -1.07. The van der Waals surface area contributed by atoms with E-state index in [1.165, 1.54) is 0 Å². The Hall–Kier alpha value is -1.62. The monoisotopic (exact) mass is 349 g/mol. The van der Waals surface area contributed by atoms with E-state index in [0.717, 1.165) is 30.2 Å². The van der Waals surface area contributed by atoms with E-state index in [1.807, 2.05) is 12.1 Å². The molecular formula is C16H16BrNO3. The number of anilines is 1. The summed E-state index contributed by atoms with van der Waals surface area (Å²) >= 11 is 3.34. The Bertz CT molecular complexity index is 613. The number of nitrogens with one attached hydrogen (secondary N) is 1. The molecule has 0 spiro atoms. The fourth-order valence-electron chi connectivity index (χ4n) is 3.44. The number of hydrogen-bond acceptors (Lipinski definition) is 2. The van der Waals surface area contributed by atoms with Gasteiger partial charge >= 0.3 is 5.97 Å². The first-order valence-corrected chi connectivity index (χ1v) is 7.90. The van der Waals surface area contributed by atoms with E-state index in [1.54, 1.807) is 12.1 Å². The number of fused-ring (bicyclic) bond motifs is 2. The summed E-state index contributed by atoms with van der Waals surface area (Å²) in [4.78, 5) is 24.0. The van der Waals surface area contributed by atoms with Crippen LogP contribution < -0.4 is 5.32 Å². The summed E-state index contributed by atoms with van der Waals surface area (Å²) in [7, 11) is 0. The van der Waals surface area contributed by atoms with Crippen LogP contribution in [-0.4, -0.2) is 17.0 Å². The molecule has 5 heteroatoms. The Morgan fingerprint density at radius 2 is 1.52 bits per heavy atom. The maximum Gasteiger partial charge on any atom is 0.332 e. The summed E-state index contributed by atoms with van der Waals surface area (Å²) in [6.07, 6.45) is 3.62. The third-order valence-corrected chi connectivity index (χ3v) is 4.94. The minimum absolute atomic E-state index is 0.0400. The van der Waals surface area contributed by atoms with Crippen LogP contribution in [0.1, 0.15) is 25.7 Å². The largest absolute Gasteiger partial charge is 0.478 e. The number of rotatable bonds is 3. The van der Waals surface area contributed by atoms with Gasteiger partial charge in [-0.25, -0.2) is 4.79 Å². The molecule has 3 aliphatic carbocycles. The predicted octanol–water partition coefficient (Wildman–Crippen LogP) is 3.59. The molecule has 0 aliphatic heterocycles. The van der Waals surface area contributed by atoms with Crippen molar-refractivity contribution in [2.75, 3.05) is 5.32 Å². The lowest BCUT2D eigenvalue weighted by Gasteiger charge is -2.37. The van der Waals surface area contributed by atoms with Crippen LogP contribution in [0.25, 0.3) is 0 Å². The summed E-state index contributed by atoms with van der Waals surface area (Å²) in [6, 6.07) is 7.28. The van der Waals surface area contributed by atoms with Crippen molar-refractivity contribution in [3.63, 3.8) is 0 Å². The molecule has 1 saturated carbocycles. The van der Waals surface area contributed by atoms with Gasteiger partial charge in [0.15, 0.2) is 0 Å². The minimum atomic E-state index is -0.939. The van der Waals surface area contributed by atoms with E-state index < -0.39 is 5.97 Å². The van der Waals surface area contributed by atoms with Crippen LogP contribution in [0.15, 0.2) is 39.9 Å². The zero-order valence-corrected chi connectivity index (χ0v) is 13.0. The van der Waals surface area contributed by atoms with E-state index in [-0.39, 0.29) is 17.7 Å². The number of carboxylic acids is 1. The Morgan fingerprint density at radius 1 is 1.00 bits per heavy atom. The van der Waals surface area contributed by atoms with Crippen LogP contribution in [0.3, 0.4) is 0 Å². The third kappa shape index (κ3) is 2.75. The molecule has 1 amide bonds. The van der Waals surface area contributed by atoms with Crippen molar-refractivity contribution in [1.82, 2.24) is 0 Å². The molecule has 1 aromatic rings. The van der Waals surface area contributed by atoms with E-state index >= 15 is 0 Å². The number of carbonyl (C=O) groups excluding carboxylic acids is 1. The second kappa shape index (κ2) is 5.64. The molecule has 2 bridgehead atoms. The van der Waals surface area contributed by atoms with Crippen molar-refractivity contribution in [3.8, 4) is 0 Å². The first-order valence-electron chi connectivity index (χ1n) is 7.10. The molecule has 4 nitrogen and oxygen atoms in total. The summed E-state index contributed by atoms with van der Waals surface area (Å²) < 4.78 is 0.933. The first-order chi connectivity index (χ1) is 10.1. The molecule has 21 heavy (non-hydrogen) atoms. The molecule has 0 unspecified atom stereocenters. The highest BCUT2D eigenvalue weighted by atomic mass is 79.9. The molecule has 2 N–H and O–H groups in total. The molecule has 0 saturated heterocycles. The number of carboxylic acid groups (broad SMARTS) is 1. The zero-order chi connectivity index (χ0) is 15.0. The summed E-state index contributed by atoms with van der Waals surface area (Å²) in [5, 5.41) is 12.3. The van der Waals surface area contributed by atoms with Crippen molar-refractivity contribution < 1.29 is 14.7 Å². The van der Waals surface area contributed by atoms with Crippen LogP contribution in [-0.2, 0) is 9.59 Å². The number of amides is 1. The van der Waals surface area contributed by atoms with Gasteiger partial charge in [-0.1, -0.05) is 15.9 Å². The Kier molecular flexibility index (Phi) is 3.85. The summed E-state index contributed by atoms with van der Waals surface area (Å²) in [5.41, 5.74) is 1.52. The van der Waals surface area contributed by atoms with Crippen LogP contribution in [0.2, 0.25) is 0 Å². The highest BCUT2D eigenvalue weighted by Crippen LogP contribution is 2.45. The van der Waals surface area contributed by atoms with Gasteiger partial charge in [0.25, 0.3) is 5.91 Å². The average Bonchev–Trinajstić information content (AvgIpc) is 2.49. The second-order valence-corrected chi connectivity index (χ2v) is 6.56. The van der Waals surface area contributed by atoms with Crippen molar-refractivity contribution in [2.24, 2.45) is 11.8 Å². The van der Waals surface area contributed by atoms with Crippen molar-refractivity contribution >= 4 is 33.5 Å². The van der Waals surface area contributed by atoms with Gasteiger partial charge in [-0.15, -0.1) is 0 Å². The number of benzene rings is 1. The molecule has 0 aromatic heterocycles. The highest BCUT2D eigenvalue weighted by molar-refractivity contribution is 9.10. The van der Waals surface area contributed by atoms with Crippen molar-refractivity contribution in [3.05, 3.63) is 39.9 Å². The quantitative estimate of drug-likeness (QED) is 0.876. The van der Waals surface area contributed by atoms with Gasteiger partial charge in [-0.05, 0) is 61.8 Å². The zero-order valence-electron chi connectivity index (χ0n) is 11.4. The smallest absolute Gasteiger partial charge is 0.332 e. The molecule has 4 rings (SSSR count). The Morgan fingerprint density at radius 3 is 2.05 bits per heavy atom. The first kappa shape index (κ1) is 14.3. The van der Waals surface area contributed by atoms with Gasteiger partial charge in [0.2, 0.25) is 0 Å². The second-order valence-electron chi connectivity index (χ2n) is 5.64. The Labute approximate surface area is 131 Å². The van der Waals surface area contributed by atoms with Gasteiger partial charge in [-0.2, -0.15) is 0 Å². The lowest BCUT2D eigenvalue weighted by Crippen LogP contribution is -2.35. The molecule has 1 aromatic carbocycles. The third-order valence-electron chi connectivity index (χ3n) is 4.41. The normalized spacial score (nSPS) is 24.0. The lowest BCUT2D eigenvalue weighted by molar-refractivity contribution is -0.134. The van der Waals surface area contributed by atoms with Crippen LogP contribution in [0, 0.1) is 11.8 Å². The molecule has 0 atom stereocenters.